The van der Waals surface area contributed by atoms with Crippen LogP contribution >= 0.6 is 12.2 Å². The van der Waals surface area contributed by atoms with Gasteiger partial charge in [-0.05, 0) is 55.5 Å². The summed E-state index contributed by atoms with van der Waals surface area (Å²) in [5, 5.41) is 0. The van der Waals surface area contributed by atoms with Gasteiger partial charge in [0.2, 0.25) is 0 Å². The first kappa shape index (κ1) is 11.6. The van der Waals surface area contributed by atoms with Gasteiger partial charge in [0.25, 0.3) is 0 Å². The quantitative estimate of drug-likeness (QED) is 0.811. The van der Waals surface area contributed by atoms with Crippen molar-refractivity contribution >= 4 is 12.2 Å². The van der Waals surface area contributed by atoms with Gasteiger partial charge in [0, 0.05) is 11.6 Å². The first-order valence-corrected chi connectivity index (χ1v) is 6.73. The van der Waals surface area contributed by atoms with Crippen molar-refractivity contribution in [3.05, 3.63) is 45.9 Å². The molecular formula is C15H16N2S. The van der Waals surface area contributed by atoms with Crippen LogP contribution in [0, 0.1) is 18.5 Å². The molecule has 3 heteroatoms. The maximum atomic E-state index is 5.26. The third-order valence-electron chi connectivity index (χ3n) is 3.54. The minimum atomic E-state index is 0.596. The van der Waals surface area contributed by atoms with Crippen LogP contribution in [0.15, 0.2) is 24.3 Å². The Morgan fingerprint density at radius 1 is 1.17 bits per heavy atom. The van der Waals surface area contributed by atoms with Gasteiger partial charge in [-0.1, -0.05) is 24.4 Å². The van der Waals surface area contributed by atoms with Gasteiger partial charge in [0.1, 0.15) is 10.5 Å². The third-order valence-corrected chi connectivity index (χ3v) is 3.75. The van der Waals surface area contributed by atoms with E-state index in [0.717, 1.165) is 11.5 Å². The highest BCUT2D eigenvalue weighted by molar-refractivity contribution is 7.71. The maximum absolute atomic E-state index is 5.26. The van der Waals surface area contributed by atoms with Gasteiger partial charge in [0.05, 0.1) is 0 Å². The predicted molar refractivity (Wildman–Crippen MR) is 76.3 cm³/mol. The van der Waals surface area contributed by atoms with Gasteiger partial charge < -0.3 is 4.98 Å². The Morgan fingerprint density at radius 2 is 1.94 bits per heavy atom. The molecule has 92 valence electrons. The number of hydrogen-bond acceptors (Lipinski definition) is 2. The van der Waals surface area contributed by atoms with Crippen molar-refractivity contribution in [2.45, 2.75) is 32.6 Å². The summed E-state index contributed by atoms with van der Waals surface area (Å²) in [7, 11) is 0. The molecule has 0 amide bonds. The van der Waals surface area contributed by atoms with Crippen molar-refractivity contribution in [1.82, 2.24) is 9.97 Å². The van der Waals surface area contributed by atoms with Gasteiger partial charge in [-0.25, -0.2) is 4.98 Å². The fourth-order valence-corrected chi connectivity index (χ4v) is 2.31. The lowest BCUT2D eigenvalue weighted by Gasteiger charge is -2.07. The summed E-state index contributed by atoms with van der Waals surface area (Å²) in [5.74, 6) is 1.65. The van der Waals surface area contributed by atoms with E-state index in [0.29, 0.717) is 10.6 Å². The minimum absolute atomic E-state index is 0.596. The van der Waals surface area contributed by atoms with E-state index in [2.05, 4.69) is 42.0 Å². The molecule has 1 N–H and O–H groups in total. The molecule has 1 aromatic heterocycles. The van der Waals surface area contributed by atoms with E-state index in [1.54, 1.807) is 0 Å². The maximum Gasteiger partial charge on any atom is 0.130 e. The summed E-state index contributed by atoms with van der Waals surface area (Å²) < 4.78 is 0.684. The van der Waals surface area contributed by atoms with E-state index in [-0.39, 0.29) is 0 Å². The fraction of sp³-hybridized carbons (Fsp3) is 0.333. The highest BCUT2D eigenvalue weighted by atomic mass is 32.1. The van der Waals surface area contributed by atoms with Crippen molar-refractivity contribution in [1.29, 1.82) is 0 Å². The molecule has 0 atom stereocenters. The second-order valence-corrected chi connectivity index (χ2v) is 5.51. The van der Waals surface area contributed by atoms with Gasteiger partial charge in [0.15, 0.2) is 0 Å². The Morgan fingerprint density at radius 3 is 2.61 bits per heavy atom. The lowest BCUT2D eigenvalue weighted by molar-refractivity contribution is 0.924. The van der Waals surface area contributed by atoms with Gasteiger partial charge in [-0.3, -0.25) is 0 Å². The number of aromatic nitrogens is 2. The fourth-order valence-electron chi connectivity index (χ4n) is 2.09. The van der Waals surface area contributed by atoms with Crippen LogP contribution in [0.4, 0.5) is 0 Å². The number of benzene rings is 1. The molecule has 1 heterocycles. The second kappa shape index (κ2) is 4.32. The van der Waals surface area contributed by atoms with Gasteiger partial charge in [-0.15, -0.1) is 0 Å². The van der Waals surface area contributed by atoms with E-state index in [1.807, 2.05) is 6.07 Å². The molecule has 2 aromatic rings. The van der Waals surface area contributed by atoms with E-state index in [4.69, 9.17) is 12.2 Å². The molecule has 18 heavy (non-hydrogen) atoms. The number of hydrogen-bond donors (Lipinski definition) is 1. The molecule has 0 spiro atoms. The smallest absolute Gasteiger partial charge is 0.130 e. The van der Waals surface area contributed by atoms with Crippen LogP contribution in [0.3, 0.4) is 0 Å². The number of aryl methyl sites for hydroxylation is 2. The summed E-state index contributed by atoms with van der Waals surface area (Å²) in [6.07, 6.45) is 2.46. The Balaban J connectivity index is 2.09. The number of rotatable bonds is 2. The van der Waals surface area contributed by atoms with Crippen LogP contribution in [-0.2, 0) is 0 Å². The van der Waals surface area contributed by atoms with E-state index >= 15 is 0 Å². The molecule has 3 rings (SSSR count). The molecule has 1 fully saturated rings. The predicted octanol–water partition coefficient (Wildman–Crippen LogP) is 4.30. The number of H-pyrrole nitrogens is 1. The van der Waals surface area contributed by atoms with Crippen molar-refractivity contribution in [2.24, 2.45) is 0 Å². The number of aromatic amines is 1. The van der Waals surface area contributed by atoms with Crippen LogP contribution in [0.1, 0.15) is 35.7 Å². The molecule has 1 aliphatic rings. The monoisotopic (exact) mass is 256 g/mol. The van der Waals surface area contributed by atoms with Crippen molar-refractivity contribution in [2.75, 3.05) is 0 Å². The normalized spacial score (nSPS) is 14.8. The van der Waals surface area contributed by atoms with E-state index in [9.17, 15) is 0 Å². The summed E-state index contributed by atoms with van der Waals surface area (Å²) in [6, 6.07) is 8.44. The molecule has 0 aliphatic heterocycles. The lowest BCUT2D eigenvalue weighted by atomic mass is 10.0. The summed E-state index contributed by atoms with van der Waals surface area (Å²) in [6.45, 7) is 4.26. The first-order chi connectivity index (χ1) is 8.63. The third kappa shape index (κ3) is 2.23. The summed E-state index contributed by atoms with van der Waals surface area (Å²) in [5.41, 5.74) is 4.89. The molecule has 0 unspecified atom stereocenters. The number of nitrogens with one attached hydrogen (secondary N) is 1. The standard InChI is InChI=1S/C15H16N2S/c1-9-3-4-12(7-10(9)2)13-8-14(18)17-15(16-13)11-5-6-11/h3-4,7-8,11H,5-6H2,1-2H3,(H,16,17,18). The molecule has 0 bridgehead atoms. The van der Waals surface area contributed by atoms with Gasteiger partial charge >= 0.3 is 0 Å². The van der Waals surface area contributed by atoms with E-state index in [1.165, 1.54) is 29.5 Å². The van der Waals surface area contributed by atoms with Crippen molar-refractivity contribution < 1.29 is 0 Å². The van der Waals surface area contributed by atoms with Crippen molar-refractivity contribution in [3.8, 4) is 11.3 Å². The zero-order chi connectivity index (χ0) is 12.7. The molecule has 1 aromatic carbocycles. The van der Waals surface area contributed by atoms with Crippen molar-refractivity contribution in [3.63, 3.8) is 0 Å². The average Bonchev–Trinajstić information content (AvgIpc) is 3.16. The van der Waals surface area contributed by atoms with Gasteiger partial charge in [-0.2, -0.15) is 0 Å². The average molecular weight is 256 g/mol. The highest BCUT2D eigenvalue weighted by Crippen LogP contribution is 2.38. The molecule has 0 radical (unpaired) electrons. The van der Waals surface area contributed by atoms with Crippen LogP contribution in [0.2, 0.25) is 0 Å². The molecule has 2 nitrogen and oxygen atoms in total. The highest BCUT2D eigenvalue weighted by Gasteiger charge is 2.26. The zero-order valence-electron chi connectivity index (χ0n) is 10.7. The van der Waals surface area contributed by atoms with Crippen LogP contribution < -0.4 is 0 Å². The minimum Gasteiger partial charge on any atom is -0.343 e. The largest absolute Gasteiger partial charge is 0.343 e. The summed E-state index contributed by atoms with van der Waals surface area (Å²) >= 11 is 5.26. The van der Waals surface area contributed by atoms with Crippen LogP contribution in [0.5, 0.6) is 0 Å². The Bertz CT molecular complexity index is 654. The molecule has 0 saturated heterocycles. The topological polar surface area (TPSA) is 28.7 Å². The van der Waals surface area contributed by atoms with E-state index < -0.39 is 0 Å². The Labute approximate surface area is 112 Å². The lowest BCUT2D eigenvalue weighted by Crippen LogP contribution is -1.95. The zero-order valence-corrected chi connectivity index (χ0v) is 11.5. The second-order valence-electron chi connectivity index (χ2n) is 5.09. The molecule has 1 saturated carbocycles. The summed E-state index contributed by atoms with van der Waals surface area (Å²) in [4.78, 5) is 7.85. The van der Waals surface area contributed by atoms with Crippen LogP contribution in [-0.4, -0.2) is 9.97 Å². The Kier molecular flexibility index (Phi) is 2.78. The molecular weight excluding hydrogens is 240 g/mol. The molecule has 1 aliphatic carbocycles. The first-order valence-electron chi connectivity index (χ1n) is 6.32. The Hall–Kier alpha value is -1.48. The number of nitrogens with zero attached hydrogens (tertiary/aromatic N) is 1. The SMILES string of the molecule is Cc1ccc(-c2cc(=S)nc(C3CC3)[nH]2)cc1C. The van der Waals surface area contributed by atoms with Crippen LogP contribution in [0.25, 0.3) is 11.3 Å².